The molecule has 2 N–H and O–H groups in total. The Morgan fingerprint density at radius 2 is 2.10 bits per heavy atom. The summed E-state index contributed by atoms with van der Waals surface area (Å²) in [5.41, 5.74) is -1.51. The molecule has 1 fully saturated rings. The van der Waals surface area contributed by atoms with Crippen LogP contribution in [0.25, 0.3) is 10.9 Å². The van der Waals surface area contributed by atoms with Crippen molar-refractivity contribution in [2.24, 2.45) is 0 Å². The number of urea groups is 1. The summed E-state index contributed by atoms with van der Waals surface area (Å²) in [4.78, 5) is 38.5. The standard InChI is InChI=1S/C19H14F3N3O4S/c1-2-5-24-13-4-3-9(19(20,21)22)6-10(13)14(15(24)17(27)28)25-16(26)11-7-30-8-12(11)23-18(25)29/h2-4,6-7,12H,1,5,8H2,(H,23,29)(H,27,28). The van der Waals surface area contributed by atoms with E-state index in [1.165, 1.54) is 22.4 Å². The largest absolute Gasteiger partial charge is 0.477 e. The first-order chi connectivity index (χ1) is 14.1. The molecule has 7 nitrogen and oxygen atoms in total. The highest BCUT2D eigenvalue weighted by Crippen LogP contribution is 2.41. The highest BCUT2D eigenvalue weighted by atomic mass is 32.2. The van der Waals surface area contributed by atoms with Crippen molar-refractivity contribution in [3.05, 3.63) is 53.1 Å². The van der Waals surface area contributed by atoms with Crippen LogP contribution in [0.5, 0.6) is 0 Å². The predicted molar refractivity (Wildman–Crippen MR) is 104 cm³/mol. The molecule has 1 aromatic heterocycles. The number of carbonyl (C=O) groups is 3. The molecule has 1 atom stereocenters. The third kappa shape index (κ3) is 2.96. The van der Waals surface area contributed by atoms with Crippen LogP contribution in [0, 0.1) is 0 Å². The van der Waals surface area contributed by atoms with Gasteiger partial charge in [-0.05, 0) is 23.6 Å². The van der Waals surface area contributed by atoms with E-state index in [4.69, 9.17) is 0 Å². The number of fused-ring (bicyclic) bond motifs is 2. The molecule has 1 saturated heterocycles. The number of alkyl halides is 3. The highest BCUT2D eigenvalue weighted by Gasteiger charge is 2.43. The van der Waals surface area contributed by atoms with Gasteiger partial charge in [-0.1, -0.05) is 6.08 Å². The van der Waals surface area contributed by atoms with Gasteiger partial charge in [0.15, 0.2) is 5.69 Å². The van der Waals surface area contributed by atoms with Crippen molar-refractivity contribution in [1.82, 2.24) is 9.88 Å². The highest BCUT2D eigenvalue weighted by molar-refractivity contribution is 8.02. The molecule has 3 amide bonds. The zero-order valence-corrected chi connectivity index (χ0v) is 16.0. The number of halogens is 3. The van der Waals surface area contributed by atoms with Crippen LogP contribution in [-0.4, -0.2) is 39.4 Å². The van der Waals surface area contributed by atoms with Crippen LogP contribution in [-0.2, 0) is 17.5 Å². The fourth-order valence-electron chi connectivity index (χ4n) is 3.64. The minimum Gasteiger partial charge on any atom is -0.477 e. The minimum absolute atomic E-state index is 0.0473. The number of carbonyl (C=O) groups excluding carboxylic acids is 2. The molecule has 4 rings (SSSR count). The van der Waals surface area contributed by atoms with Crippen LogP contribution < -0.4 is 10.2 Å². The number of carboxylic acids is 1. The van der Waals surface area contributed by atoms with Crippen molar-refractivity contribution in [2.75, 3.05) is 10.7 Å². The molecule has 3 heterocycles. The van der Waals surface area contributed by atoms with Crippen molar-refractivity contribution in [1.29, 1.82) is 0 Å². The molecule has 0 radical (unpaired) electrons. The fourth-order valence-corrected chi connectivity index (χ4v) is 4.63. The Kier molecular flexibility index (Phi) is 4.64. The van der Waals surface area contributed by atoms with Crippen LogP contribution in [0.4, 0.5) is 23.7 Å². The summed E-state index contributed by atoms with van der Waals surface area (Å²) >= 11 is 1.31. The molecule has 156 valence electrons. The lowest BCUT2D eigenvalue weighted by Crippen LogP contribution is -2.56. The smallest absolute Gasteiger partial charge is 0.416 e. The summed E-state index contributed by atoms with van der Waals surface area (Å²) in [5.74, 6) is -1.80. The van der Waals surface area contributed by atoms with Gasteiger partial charge in [0.1, 0.15) is 0 Å². The van der Waals surface area contributed by atoms with Crippen molar-refractivity contribution < 1.29 is 32.7 Å². The molecule has 1 aromatic carbocycles. The Labute approximate surface area is 171 Å². The van der Waals surface area contributed by atoms with E-state index >= 15 is 0 Å². The Hall–Kier alpha value is -3.21. The zero-order valence-electron chi connectivity index (χ0n) is 15.2. The number of amides is 3. The van der Waals surface area contributed by atoms with Crippen LogP contribution in [0.1, 0.15) is 16.1 Å². The maximum Gasteiger partial charge on any atom is 0.416 e. The number of aromatic nitrogens is 1. The third-order valence-corrected chi connectivity index (χ3v) is 5.85. The van der Waals surface area contributed by atoms with E-state index in [1.807, 2.05) is 0 Å². The first-order valence-corrected chi connectivity index (χ1v) is 9.74. The summed E-state index contributed by atoms with van der Waals surface area (Å²) in [6, 6.07) is 1.29. The van der Waals surface area contributed by atoms with Crippen LogP contribution in [0.3, 0.4) is 0 Å². The number of rotatable bonds is 4. The van der Waals surface area contributed by atoms with E-state index < -0.39 is 47.1 Å². The summed E-state index contributed by atoms with van der Waals surface area (Å²) in [5, 5.41) is 13.8. The number of nitrogens with zero attached hydrogens (tertiary/aromatic N) is 2. The number of thioether (sulfide) groups is 1. The number of anilines is 1. The second-order valence-corrected chi connectivity index (χ2v) is 7.58. The molecule has 2 aliphatic heterocycles. The van der Waals surface area contributed by atoms with Gasteiger partial charge in [-0.2, -0.15) is 13.2 Å². The van der Waals surface area contributed by atoms with Crippen molar-refractivity contribution >= 4 is 46.3 Å². The van der Waals surface area contributed by atoms with Crippen LogP contribution in [0.15, 0.2) is 41.8 Å². The monoisotopic (exact) mass is 437 g/mol. The number of nitrogens with one attached hydrogen (secondary N) is 1. The second kappa shape index (κ2) is 6.94. The van der Waals surface area contributed by atoms with E-state index in [9.17, 15) is 32.7 Å². The number of imide groups is 1. The normalized spacial score (nSPS) is 19.0. The van der Waals surface area contributed by atoms with E-state index in [-0.39, 0.29) is 23.0 Å². The molecule has 0 spiro atoms. The van der Waals surface area contributed by atoms with Gasteiger partial charge in [0.2, 0.25) is 0 Å². The number of hydrogen-bond acceptors (Lipinski definition) is 4. The van der Waals surface area contributed by atoms with Gasteiger partial charge in [-0.25, -0.2) is 14.5 Å². The molecule has 0 bridgehead atoms. The number of aromatic carboxylic acids is 1. The second-order valence-electron chi connectivity index (χ2n) is 6.68. The fraction of sp³-hybridized carbons (Fsp3) is 0.211. The summed E-state index contributed by atoms with van der Waals surface area (Å²) < 4.78 is 41.2. The summed E-state index contributed by atoms with van der Waals surface area (Å²) in [6.07, 6.45) is -3.32. The molecule has 11 heteroatoms. The SMILES string of the molecule is C=CCn1c(C(=O)O)c(N2C(=O)NC3CSC=C3C2=O)c2cc(C(F)(F)F)ccc21. The van der Waals surface area contributed by atoms with Crippen LogP contribution in [0.2, 0.25) is 0 Å². The predicted octanol–water partition coefficient (Wildman–Crippen LogP) is 3.60. The number of hydrogen-bond donors (Lipinski definition) is 2. The topological polar surface area (TPSA) is 91.6 Å². The lowest BCUT2D eigenvalue weighted by atomic mass is 10.0. The Morgan fingerprint density at radius 3 is 2.73 bits per heavy atom. The average molecular weight is 437 g/mol. The summed E-state index contributed by atoms with van der Waals surface area (Å²) in [7, 11) is 0. The molecule has 0 saturated carbocycles. The molecule has 30 heavy (non-hydrogen) atoms. The van der Waals surface area contributed by atoms with Gasteiger partial charge in [-0.15, -0.1) is 18.3 Å². The Balaban J connectivity index is 2.05. The van der Waals surface area contributed by atoms with Gasteiger partial charge in [-0.3, -0.25) is 4.79 Å². The number of allylic oxidation sites excluding steroid dienone is 1. The maximum atomic E-state index is 13.3. The first-order valence-electron chi connectivity index (χ1n) is 8.69. The van der Waals surface area contributed by atoms with Gasteiger partial charge < -0.3 is 15.0 Å². The third-order valence-electron chi connectivity index (χ3n) is 4.90. The van der Waals surface area contributed by atoms with Gasteiger partial charge >= 0.3 is 18.2 Å². The molecular formula is C19H14F3N3O4S. The van der Waals surface area contributed by atoms with E-state index in [1.54, 1.807) is 5.41 Å². The maximum absolute atomic E-state index is 13.3. The molecular weight excluding hydrogens is 423 g/mol. The number of carboxylic acid groups (broad SMARTS) is 1. The van der Waals surface area contributed by atoms with E-state index in [0.717, 1.165) is 18.2 Å². The summed E-state index contributed by atoms with van der Waals surface area (Å²) in [6.45, 7) is 3.50. The minimum atomic E-state index is -4.70. The molecule has 1 unspecified atom stereocenters. The van der Waals surface area contributed by atoms with E-state index in [2.05, 4.69) is 11.9 Å². The Morgan fingerprint density at radius 1 is 1.37 bits per heavy atom. The Bertz CT molecular complexity index is 1150. The van der Waals surface area contributed by atoms with Gasteiger partial charge in [0.05, 0.1) is 22.8 Å². The van der Waals surface area contributed by atoms with Gasteiger partial charge in [0.25, 0.3) is 5.91 Å². The van der Waals surface area contributed by atoms with Crippen molar-refractivity contribution in [3.8, 4) is 0 Å². The molecule has 2 aliphatic rings. The lowest BCUT2D eigenvalue weighted by Gasteiger charge is -2.30. The van der Waals surface area contributed by atoms with Gasteiger partial charge in [0, 0.05) is 23.3 Å². The number of benzene rings is 1. The lowest BCUT2D eigenvalue weighted by molar-refractivity contribution is -0.137. The van der Waals surface area contributed by atoms with Crippen LogP contribution >= 0.6 is 11.8 Å². The van der Waals surface area contributed by atoms with Crippen molar-refractivity contribution in [3.63, 3.8) is 0 Å². The molecule has 2 aromatic rings. The molecule has 0 aliphatic carbocycles. The zero-order chi connectivity index (χ0) is 21.8. The van der Waals surface area contributed by atoms with E-state index in [0.29, 0.717) is 10.7 Å². The van der Waals surface area contributed by atoms with Crippen molar-refractivity contribution in [2.45, 2.75) is 18.8 Å². The average Bonchev–Trinajstić information content (AvgIpc) is 3.24. The first kappa shape index (κ1) is 20.1. The quantitative estimate of drug-likeness (QED) is 0.714.